The highest BCUT2D eigenvalue weighted by atomic mass is 16.6. The second kappa shape index (κ2) is 8.87. The zero-order chi connectivity index (χ0) is 23.5. The van der Waals surface area contributed by atoms with Gasteiger partial charge in [0.05, 0.1) is 17.0 Å². The molecule has 10 nitrogen and oxygen atoms in total. The second-order valence-corrected chi connectivity index (χ2v) is 7.45. The lowest BCUT2D eigenvalue weighted by Crippen LogP contribution is -2.14. The molecule has 166 valence electrons. The van der Waals surface area contributed by atoms with E-state index in [1.54, 1.807) is 35.0 Å². The number of carbonyl (C=O) groups is 1. The van der Waals surface area contributed by atoms with Gasteiger partial charge in [0, 0.05) is 29.6 Å². The average Bonchev–Trinajstić information content (AvgIpc) is 3.29. The first-order chi connectivity index (χ1) is 16.6. The van der Waals surface area contributed by atoms with Crippen molar-refractivity contribution in [3.05, 3.63) is 101 Å². The van der Waals surface area contributed by atoms with Gasteiger partial charge in [0.2, 0.25) is 11.7 Å². The van der Waals surface area contributed by atoms with E-state index in [0.717, 1.165) is 5.56 Å². The van der Waals surface area contributed by atoms with Gasteiger partial charge in [-0.05, 0) is 42.0 Å². The number of anilines is 1. The summed E-state index contributed by atoms with van der Waals surface area (Å²) in [5, 5.41) is 26.6. The average molecular weight is 451 g/mol. The van der Waals surface area contributed by atoms with Crippen molar-refractivity contribution in [1.29, 1.82) is 0 Å². The SMILES string of the molecule is O=C(Cc1ccc([N+](=O)[O-])cc1)Nc1ccc(-c2ccc3nnc(-c4ccccn4)n3n2)cc1. The molecule has 3 aromatic heterocycles. The quantitative estimate of drug-likeness (QED) is 0.306. The van der Waals surface area contributed by atoms with Crippen molar-refractivity contribution in [2.45, 2.75) is 6.42 Å². The molecule has 0 atom stereocenters. The number of nitro groups is 1. The number of carbonyl (C=O) groups excluding carboxylic acids is 1. The molecule has 0 aliphatic heterocycles. The molecule has 1 amide bonds. The minimum absolute atomic E-state index is 0.00910. The summed E-state index contributed by atoms with van der Waals surface area (Å²) < 4.78 is 1.65. The van der Waals surface area contributed by atoms with Crippen LogP contribution in [0.5, 0.6) is 0 Å². The molecule has 34 heavy (non-hydrogen) atoms. The van der Waals surface area contributed by atoms with E-state index in [2.05, 4.69) is 25.6 Å². The molecule has 0 saturated heterocycles. The number of non-ortho nitro benzene ring substituents is 1. The summed E-state index contributed by atoms with van der Waals surface area (Å²) in [5.41, 5.74) is 4.17. The predicted molar refractivity (Wildman–Crippen MR) is 125 cm³/mol. The number of hydrogen-bond acceptors (Lipinski definition) is 7. The smallest absolute Gasteiger partial charge is 0.269 e. The molecule has 5 rings (SSSR count). The lowest BCUT2D eigenvalue weighted by molar-refractivity contribution is -0.384. The summed E-state index contributed by atoms with van der Waals surface area (Å²) in [7, 11) is 0. The largest absolute Gasteiger partial charge is 0.326 e. The van der Waals surface area contributed by atoms with Crippen LogP contribution in [0, 0.1) is 10.1 Å². The molecule has 10 heteroatoms. The van der Waals surface area contributed by atoms with E-state index < -0.39 is 4.92 Å². The fourth-order valence-electron chi connectivity index (χ4n) is 3.45. The second-order valence-electron chi connectivity index (χ2n) is 7.45. The van der Waals surface area contributed by atoms with Gasteiger partial charge in [-0.3, -0.25) is 19.9 Å². The summed E-state index contributed by atoms with van der Waals surface area (Å²) in [6.07, 6.45) is 1.80. The van der Waals surface area contributed by atoms with Crippen LogP contribution in [0.1, 0.15) is 5.56 Å². The maximum Gasteiger partial charge on any atom is 0.269 e. The number of aromatic nitrogens is 5. The van der Waals surface area contributed by atoms with Crippen molar-refractivity contribution in [3.8, 4) is 22.8 Å². The Kier molecular flexibility index (Phi) is 5.45. The molecule has 0 fully saturated rings. The lowest BCUT2D eigenvalue weighted by Gasteiger charge is -2.07. The van der Waals surface area contributed by atoms with E-state index >= 15 is 0 Å². The standard InChI is InChI=1S/C24H17N7O3/c32-23(15-16-4-10-19(11-5-16)31(33)34)26-18-8-6-17(7-9-18)20-12-13-22-27-28-24(30(22)29-20)21-3-1-2-14-25-21/h1-14H,15H2,(H,26,32). The number of nitrogens with one attached hydrogen (secondary N) is 1. The minimum atomic E-state index is -0.472. The van der Waals surface area contributed by atoms with Crippen LogP contribution in [0.15, 0.2) is 85.1 Å². The number of benzene rings is 2. The Morgan fingerprint density at radius 2 is 1.71 bits per heavy atom. The Labute approximate surface area is 193 Å². The molecule has 2 aromatic carbocycles. The highest BCUT2D eigenvalue weighted by Gasteiger charge is 2.12. The molecule has 0 unspecified atom stereocenters. The highest BCUT2D eigenvalue weighted by Crippen LogP contribution is 2.22. The number of fused-ring (bicyclic) bond motifs is 1. The molecule has 1 N–H and O–H groups in total. The maximum absolute atomic E-state index is 12.4. The third-order valence-electron chi connectivity index (χ3n) is 5.13. The number of rotatable bonds is 6. The number of nitrogens with zero attached hydrogens (tertiary/aromatic N) is 6. The van der Waals surface area contributed by atoms with Gasteiger partial charge in [0.15, 0.2) is 5.65 Å². The lowest BCUT2D eigenvalue weighted by atomic mass is 10.1. The van der Waals surface area contributed by atoms with Crippen LogP contribution in [-0.2, 0) is 11.2 Å². The van der Waals surface area contributed by atoms with Crippen LogP contribution in [0.2, 0.25) is 0 Å². The summed E-state index contributed by atoms with van der Waals surface area (Å²) in [6.45, 7) is 0. The topological polar surface area (TPSA) is 128 Å². The number of hydrogen-bond donors (Lipinski definition) is 1. The van der Waals surface area contributed by atoms with Crippen molar-refractivity contribution in [1.82, 2.24) is 24.8 Å². The van der Waals surface area contributed by atoms with Crippen LogP contribution in [0.3, 0.4) is 0 Å². The first kappa shape index (κ1) is 20.9. The number of nitro benzene ring substituents is 1. The monoisotopic (exact) mass is 451 g/mol. The van der Waals surface area contributed by atoms with Gasteiger partial charge in [-0.15, -0.1) is 10.2 Å². The summed E-state index contributed by atoms with van der Waals surface area (Å²) in [5.74, 6) is 0.332. The van der Waals surface area contributed by atoms with Gasteiger partial charge >= 0.3 is 0 Å². The van der Waals surface area contributed by atoms with Gasteiger partial charge in [-0.1, -0.05) is 30.3 Å². The zero-order valence-corrected chi connectivity index (χ0v) is 17.7. The van der Waals surface area contributed by atoms with Gasteiger partial charge in [0.1, 0.15) is 5.69 Å². The fourth-order valence-corrected chi connectivity index (χ4v) is 3.45. The molecule has 0 bridgehead atoms. The first-order valence-electron chi connectivity index (χ1n) is 10.3. The van der Waals surface area contributed by atoms with E-state index in [9.17, 15) is 14.9 Å². The molecule has 0 aliphatic rings. The van der Waals surface area contributed by atoms with Crippen LogP contribution in [0.25, 0.3) is 28.4 Å². The minimum Gasteiger partial charge on any atom is -0.326 e. The van der Waals surface area contributed by atoms with E-state index in [4.69, 9.17) is 0 Å². The Hall–Kier alpha value is -4.99. The molecular formula is C24H17N7O3. The summed E-state index contributed by atoms with van der Waals surface area (Å²) in [6, 6.07) is 22.5. The zero-order valence-electron chi connectivity index (χ0n) is 17.7. The summed E-state index contributed by atoms with van der Waals surface area (Å²) >= 11 is 0. The third kappa shape index (κ3) is 4.32. The van der Waals surface area contributed by atoms with E-state index in [-0.39, 0.29) is 18.0 Å². The predicted octanol–water partition coefficient (Wildman–Crippen LogP) is 3.94. The van der Waals surface area contributed by atoms with E-state index in [1.807, 2.05) is 42.5 Å². The van der Waals surface area contributed by atoms with E-state index in [0.29, 0.717) is 34.1 Å². The molecule has 0 aliphatic carbocycles. The van der Waals surface area contributed by atoms with Crippen LogP contribution < -0.4 is 5.32 Å². The van der Waals surface area contributed by atoms with Crippen molar-refractivity contribution in [3.63, 3.8) is 0 Å². The van der Waals surface area contributed by atoms with Crippen molar-refractivity contribution >= 4 is 22.9 Å². The van der Waals surface area contributed by atoms with Gasteiger partial charge in [0.25, 0.3) is 5.69 Å². The Bertz CT molecular complexity index is 1480. The number of pyridine rings is 1. The molecule has 0 radical (unpaired) electrons. The maximum atomic E-state index is 12.4. The first-order valence-corrected chi connectivity index (χ1v) is 10.3. The molecule has 0 spiro atoms. The molecule has 5 aromatic rings. The Balaban J connectivity index is 1.31. The van der Waals surface area contributed by atoms with E-state index in [1.165, 1.54) is 12.1 Å². The molecule has 0 saturated carbocycles. The van der Waals surface area contributed by atoms with Gasteiger partial charge in [-0.25, -0.2) is 0 Å². The molecular weight excluding hydrogens is 434 g/mol. The highest BCUT2D eigenvalue weighted by molar-refractivity contribution is 5.92. The summed E-state index contributed by atoms with van der Waals surface area (Å²) in [4.78, 5) is 27.0. The Morgan fingerprint density at radius 1 is 0.912 bits per heavy atom. The van der Waals surface area contributed by atoms with Crippen molar-refractivity contribution in [2.24, 2.45) is 0 Å². The van der Waals surface area contributed by atoms with Crippen LogP contribution in [0.4, 0.5) is 11.4 Å². The van der Waals surface area contributed by atoms with Crippen molar-refractivity contribution in [2.75, 3.05) is 5.32 Å². The third-order valence-corrected chi connectivity index (χ3v) is 5.13. The van der Waals surface area contributed by atoms with Crippen LogP contribution in [-0.4, -0.2) is 35.6 Å². The van der Waals surface area contributed by atoms with Gasteiger partial charge < -0.3 is 5.32 Å². The van der Waals surface area contributed by atoms with Crippen LogP contribution >= 0.6 is 0 Å². The fraction of sp³-hybridized carbons (Fsp3) is 0.0417. The number of amides is 1. The normalized spacial score (nSPS) is 10.8. The Morgan fingerprint density at radius 3 is 2.41 bits per heavy atom. The van der Waals surface area contributed by atoms with Gasteiger partial charge in [-0.2, -0.15) is 9.61 Å². The molecule has 3 heterocycles. The van der Waals surface area contributed by atoms with Crippen molar-refractivity contribution < 1.29 is 9.72 Å².